The molecule has 11 heteroatoms. The van der Waals surface area contributed by atoms with E-state index in [1.165, 1.54) is 17.5 Å². The van der Waals surface area contributed by atoms with Gasteiger partial charge in [-0.2, -0.15) is 4.31 Å². The Kier molecular flexibility index (Phi) is 6.99. The predicted molar refractivity (Wildman–Crippen MR) is 117 cm³/mol. The highest BCUT2D eigenvalue weighted by atomic mass is 32.2. The van der Waals surface area contributed by atoms with Gasteiger partial charge in [-0.25, -0.2) is 8.42 Å². The zero-order chi connectivity index (χ0) is 22.7. The van der Waals surface area contributed by atoms with Gasteiger partial charge >= 0.3 is 0 Å². The van der Waals surface area contributed by atoms with Crippen molar-refractivity contribution in [3.05, 3.63) is 18.2 Å². The molecule has 1 aromatic rings. The first kappa shape index (κ1) is 23.0. The van der Waals surface area contributed by atoms with Gasteiger partial charge < -0.3 is 19.7 Å². The second-order valence-corrected chi connectivity index (χ2v) is 10.2. The van der Waals surface area contributed by atoms with Crippen molar-refractivity contribution >= 4 is 27.5 Å². The van der Waals surface area contributed by atoms with Gasteiger partial charge in [0.05, 0.1) is 26.9 Å². The molecule has 2 amide bonds. The lowest BCUT2D eigenvalue weighted by Crippen LogP contribution is -2.50. The number of carbonyl (C=O) groups is 2. The molecule has 0 radical (unpaired) electrons. The Balaban J connectivity index is 1.37. The highest BCUT2D eigenvalue weighted by Crippen LogP contribution is 2.32. The Morgan fingerprint density at radius 1 is 1.09 bits per heavy atom. The van der Waals surface area contributed by atoms with Gasteiger partial charge in [-0.3, -0.25) is 14.5 Å². The van der Waals surface area contributed by atoms with Crippen LogP contribution in [0.2, 0.25) is 0 Å². The first-order valence-electron chi connectivity index (χ1n) is 11.0. The van der Waals surface area contributed by atoms with Crippen molar-refractivity contribution in [3.63, 3.8) is 0 Å². The molecule has 0 aromatic heterocycles. The fraction of sp³-hybridized carbons (Fsp3) is 0.619. The summed E-state index contributed by atoms with van der Waals surface area (Å²) >= 11 is 0. The number of anilines is 1. The van der Waals surface area contributed by atoms with E-state index in [0.717, 1.165) is 12.8 Å². The van der Waals surface area contributed by atoms with Gasteiger partial charge in [0.2, 0.25) is 21.8 Å². The van der Waals surface area contributed by atoms with Crippen molar-refractivity contribution < 1.29 is 27.5 Å². The number of carbonyl (C=O) groups excluding carboxylic acids is 2. The van der Waals surface area contributed by atoms with Gasteiger partial charge in [0.1, 0.15) is 10.6 Å². The second kappa shape index (κ2) is 9.74. The fourth-order valence-electron chi connectivity index (χ4n) is 4.00. The zero-order valence-corrected chi connectivity index (χ0v) is 19.1. The third kappa shape index (κ3) is 5.22. The molecule has 176 valence electrons. The van der Waals surface area contributed by atoms with Crippen LogP contribution in [0.25, 0.3) is 0 Å². The molecule has 0 unspecified atom stereocenters. The number of nitrogens with one attached hydrogen (secondary N) is 1. The largest absolute Gasteiger partial charge is 0.495 e. The maximum absolute atomic E-state index is 13.1. The number of amides is 2. The monoisotopic (exact) mass is 466 g/mol. The molecule has 2 saturated heterocycles. The molecule has 1 aromatic carbocycles. The van der Waals surface area contributed by atoms with Gasteiger partial charge in [-0.05, 0) is 31.0 Å². The summed E-state index contributed by atoms with van der Waals surface area (Å²) in [6, 6.07) is 4.61. The first-order valence-corrected chi connectivity index (χ1v) is 12.4. The van der Waals surface area contributed by atoms with E-state index < -0.39 is 10.0 Å². The number of hydrogen-bond donors (Lipinski definition) is 1. The van der Waals surface area contributed by atoms with Crippen molar-refractivity contribution in [2.75, 3.05) is 71.5 Å². The Labute approximate surface area is 188 Å². The number of hydrogen-bond acceptors (Lipinski definition) is 7. The quantitative estimate of drug-likeness (QED) is 0.612. The Morgan fingerprint density at radius 3 is 2.41 bits per heavy atom. The molecular weight excluding hydrogens is 436 g/mol. The molecule has 1 saturated carbocycles. The standard InChI is InChI=1S/C21H30N4O6S/c1-30-18-5-4-17(14-19(18)32(28,29)25-10-12-31-13-11-25)22-20(26)15-23-6-8-24(9-7-23)21(27)16-2-3-16/h4-5,14,16H,2-3,6-13,15H2,1H3,(H,22,26). The smallest absolute Gasteiger partial charge is 0.246 e. The first-order chi connectivity index (χ1) is 15.4. The van der Waals surface area contributed by atoms with Gasteiger partial charge in [0.15, 0.2) is 0 Å². The van der Waals surface area contributed by atoms with Crippen LogP contribution < -0.4 is 10.1 Å². The Hall–Kier alpha value is -2.21. The number of rotatable bonds is 7. The van der Waals surface area contributed by atoms with E-state index in [4.69, 9.17) is 9.47 Å². The van der Waals surface area contributed by atoms with Crippen LogP contribution in [0.3, 0.4) is 0 Å². The van der Waals surface area contributed by atoms with Crippen LogP contribution in [0.5, 0.6) is 5.75 Å². The summed E-state index contributed by atoms with van der Waals surface area (Å²) in [7, 11) is -2.36. The van der Waals surface area contributed by atoms with Gasteiger partial charge in [-0.15, -0.1) is 0 Å². The SMILES string of the molecule is COc1ccc(NC(=O)CN2CCN(C(=O)C3CC3)CC2)cc1S(=O)(=O)N1CCOCC1. The molecule has 2 aliphatic heterocycles. The second-order valence-electron chi connectivity index (χ2n) is 8.31. The van der Waals surface area contributed by atoms with E-state index in [2.05, 4.69) is 5.32 Å². The van der Waals surface area contributed by atoms with E-state index >= 15 is 0 Å². The van der Waals surface area contributed by atoms with Crippen molar-refractivity contribution in [2.24, 2.45) is 5.92 Å². The molecule has 0 bridgehead atoms. The Morgan fingerprint density at radius 2 is 1.78 bits per heavy atom. The van der Waals surface area contributed by atoms with Gasteiger partial charge in [0.25, 0.3) is 0 Å². The number of methoxy groups -OCH3 is 1. The molecule has 0 atom stereocenters. The third-order valence-electron chi connectivity index (χ3n) is 6.01. The number of morpholine rings is 1. The summed E-state index contributed by atoms with van der Waals surface area (Å²) in [6.45, 7) is 3.98. The van der Waals surface area contributed by atoms with E-state index in [1.807, 2.05) is 9.80 Å². The molecule has 0 spiro atoms. The van der Waals surface area contributed by atoms with Crippen molar-refractivity contribution in [1.82, 2.24) is 14.1 Å². The number of nitrogens with zero attached hydrogens (tertiary/aromatic N) is 3. The summed E-state index contributed by atoms with van der Waals surface area (Å²) < 4.78 is 38.1. The topological polar surface area (TPSA) is 108 Å². The average Bonchev–Trinajstić information content (AvgIpc) is 3.65. The molecule has 3 fully saturated rings. The molecule has 4 rings (SSSR count). The minimum absolute atomic E-state index is 0.0203. The van der Waals surface area contributed by atoms with Crippen molar-refractivity contribution in [3.8, 4) is 5.75 Å². The van der Waals surface area contributed by atoms with E-state index in [0.29, 0.717) is 45.1 Å². The van der Waals surface area contributed by atoms with Crippen LogP contribution in [-0.4, -0.2) is 100 Å². The number of ether oxygens (including phenoxy) is 2. The normalized spacial score (nSPS) is 20.7. The summed E-state index contributed by atoms with van der Waals surface area (Å²) in [4.78, 5) is 28.7. The average molecular weight is 467 g/mol. The summed E-state index contributed by atoms with van der Waals surface area (Å²) in [5.74, 6) is 0.446. The molecule has 1 N–H and O–H groups in total. The number of benzene rings is 1. The summed E-state index contributed by atoms with van der Waals surface area (Å²) in [6.07, 6.45) is 1.99. The maximum atomic E-state index is 13.1. The van der Waals surface area contributed by atoms with Crippen LogP contribution >= 0.6 is 0 Å². The lowest BCUT2D eigenvalue weighted by Gasteiger charge is -2.34. The van der Waals surface area contributed by atoms with Crippen molar-refractivity contribution in [2.45, 2.75) is 17.7 Å². The minimum atomic E-state index is -3.78. The Bertz CT molecular complexity index is 951. The highest BCUT2D eigenvalue weighted by Gasteiger charge is 2.35. The van der Waals surface area contributed by atoms with E-state index in [1.54, 1.807) is 12.1 Å². The zero-order valence-electron chi connectivity index (χ0n) is 18.3. The predicted octanol–water partition coefficient (Wildman–Crippen LogP) is 0.209. The molecule has 1 aliphatic carbocycles. The third-order valence-corrected chi connectivity index (χ3v) is 7.93. The minimum Gasteiger partial charge on any atom is -0.495 e. The van der Waals surface area contributed by atoms with Crippen LogP contribution in [-0.2, 0) is 24.3 Å². The van der Waals surface area contributed by atoms with E-state index in [9.17, 15) is 18.0 Å². The van der Waals surface area contributed by atoms with Crippen LogP contribution in [0.15, 0.2) is 23.1 Å². The van der Waals surface area contributed by atoms with Gasteiger partial charge in [0, 0.05) is 50.9 Å². The van der Waals surface area contributed by atoms with Crippen LogP contribution in [0.4, 0.5) is 5.69 Å². The summed E-state index contributed by atoms with van der Waals surface area (Å²) in [5, 5.41) is 2.79. The molecule has 10 nitrogen and oxygen atoms in total. The summed E-state index contributed by atoms with van der Waals surface area (Å²) in [5.41, 5.74) is 0.394. The van der Waals surface area contributed by atoms with Crippen molar-refractivity contribution in [1.29, 1.82) is 0 Å². The lowest BCUT2D eigenvalue weighted by atomic mass is 10.2. The number of piperazine rings is 1. The lowest BCUT2D eigenvalue weighted by molar-refractivity contribution is -0.134. The highest BCUT2D eigenvalue weighted by molar-refractivity contribution is 7.89. The van der Waals surface area contributed by atoms with Crippen LogP contribution in [0, 0.1) is 5.92 Å². The number of sulfonamides is 1. The molecule has 32 heavy (non-hydrogen) atoms. The molecule has 2 heterocycles. The van der Waals surface area contributed by atoms with Gasteiger partial charge in [-0.1, -0.05) is 0 Å². The molecule has 3 aliphatic rings. The fourth-order valence-corrected chi connectivity index (χ4v) is 5.59. The van der Waals surface area contributed by atoms with Crippen LogP contribution in [0.1, 0.15) is 12.8 Å². The maximum Gasteiger partial charge on any atom is 0.246 e. The molecular formula is C21H30N4O6S. The van der Waals surface area contributed by atoms with E-state index in [-0.39, 0.29) is 48.0 Å².